The maximum absolute atomic E-state index is 13.2. The van der Waals surface area contributed by atoms with Gasteiger partial charge in [0, 0.05) is 10.9 Å². The summed E-state index contributed by atoms with van der Waals surface area (Å²) in [5, 5.41) is 25.8. The SMILES string of the molecule is Oc1ccc(/C=N/Nc2ncnc3scc(-c4ccc(F)cc4)c23)cc1O. The second kappa shape index (κ2) is 7.00. The number of phenolic OH excluding ortho intramolecular Hbond substituents is 2. The average Bonchev–Trinajstić information content (AvgIpc) is 3.10. The van der Waals surface area contributed by atoms with Crippen molar-refractivity contribution in [3.05, 3.63) is 65.6 Å². The Balaban J connectivity index is 1.67. The zero-order valence-electron chi connectivity index (χ0n) is 13.8. The monoisotopic (exact) mass is 380 g/mol. The van der Waals surface area contributed by atoms with E-state index in [9.17, 15) is 14.6 Å². The number of phenols is 2. The van der Waals surface area contributed by atoms with Gasteiger partial charge in [-0.2, -0.15) is 5.10 Å². The van der Waals surface area contributed by atoms with Crippen LogP contribution < -0.4 is 5.43 Å². The van der Waals surface area contributed by atoms with E-state index in [2.05, 4.69) is 20.5 Å². The van der Waals surface area contributed by atoms with Gasteiger partial charge in [-0.15, -0.1) is 11.3 Å². The molecule has 0 aliphatic rings. The number of nitrogens with one attached hydrogen (secondary N) is 1. The lowest BCUT2D eigenvalue weighted by molar-refractivity contribution is 0.403. The first-order valence-electron chi connectivity index (χ1n) is 7.91. The minimum Gasteiger partial charge on any atom is -0.504 e. The molecule has 0 aliphatic carbocycles. The number of hydrogen-bond donors (Lipinski definition) is 3. The smallest absolute Gasteiger partial charge is 0.159 e. The van der Waals surface area contributed by atoms with Gasteiger partial charge in [0.05, 0.1) is 11.6 Å². The van der Waals surface area contributed by atoms with Gasteiger partial charge in [0.1, 0.15) is 17.0 Å². The summed E-state index contributed by atoms with van der Waals surface area (Å²) in [6.07, 6.45) is 2.94. The summed E-state index contributed by atoms with van der Waals surface area (Å²) in [5.74, 6) is -0.200. The lowest BCUT2D eigenvalue weighted by atomic mass is 10.1. The normalized spacial score (nSPS) is 11.3. The highest BCUT2D eigenvalue weighted by molar-refractivity contribution is 7.17. The first-order valence-corrected chi connectivity index (χ1v) is 8.79. The zero-order chi connectivity index (χ0) is 18.8. The minimum absolute atomic E-state index is 0.195. The van der Waals surface area contributed by atoms with E-state index in [1.807, 2.05) is 5.38 Å². The molecule has 6 nitrogen and oxygen atoms in total. The summed E-state index contributed by atoms with van der Waals surface area (Å²) in [6, 6.07) is 10.6. The first-order chi connectivity index (χ1) is 13.1. The third-order valence-electron chi connectivity index (χ3n) is 3.91. The van der Waals surface area contributed by atoms with Gasteiger partial charge in [-0.05, 0) is 41.5 Å². The topological polar surface area (TPSA) is 90.6 Å². The molecular weight excluding hydrogens is 367 g/mol. The van der Waals surface area contributed by atoms with Crippen LogP contribution in [0.15, 0.2) is 59.3 Å². The number of aromatic nitrogens is 2. The Kier molecular flexibility index (Phi) is 4.39. The van der Waals surface area contributed by atoms with Crippen molar-refractivity contribution >= 4 is 33.6 Å². The molecule has 0 amide bonds. The van der Waals surface area contributed by atoms with Gasteiger partial charge in [-0.25, -0.2) is 14.4 Å². The van der Waals surface area contributed by atoms with E-state index in [1.165, 1.54) is 48.1 Å². The van der Waals surface area contributed by atoms with E-state index in [1.54, 1.807) is 18.2 Å². The molecule has 134 valence electrons. The van der Waals surface area contributed by atoms with E-state index in [-0.39, 0.29) is 17.3 Å². The zero-order valence-corrected chi connectivity index (χ0v) is 14.6. The summed E-state index contributed by atoms with van der Waals surface area (Å²) < 4.78 is 13.2. The Labute approximate surface area is 157 Å². The predicted octanol–water partition coefficient (Wildman–Crippen LogP) is 4.35. The molecule has 2 aromatic carbocycles. The van der Waals surface area contributed by atoms with Crippen LogP contribution in [0.1, 0.15) is 5.56 Å². The third kappa shape index (κ3) is 3.42. The van der Waals surface area contributed by atoms with Gasteiger partial charge in [0.15, 0.2) is 17.3 Å². The van der Waals surface area contributed by atoms with Crippen LogP contribution in [0.3, 0.4) is 0 Å². The summed E-state index contributed by atoms with van der Waals surface area (Å²) in [7, 11) is 0. The van der Waals surface area contributed by atoms with Crippen LogP contribution >= 0.6 is 11.3 Å². The predicted molar refractivity (Wildman–Crippen MR) is 104 cm³/mol. The molecule has 8 heteroatoms. The molecule has 2 aromatic heterocycles. The van der Waals surface area contributed by atoms with Gasteiger partial charge in [-0.3, -0.25) is 5.43 Å². The van der Waals surface area contributed by atoms with E-state index in [4.69, 9.17) is 0 Å². The molecule has 2 heterocycles. The van der Waals surface area contributed by atoms with Crippen molar-refractivity contribution in [1.82, 2.24) is 9.97 Å². The molecule has 0 radical (unpaired) electrons. The summed E-state index contributed by atoms with van der Waals surface area (Å²) >= 11 is 1.46. The van der Waals surface area contributed by atoms with Crippen LogP contribution in [0, 0.1) is 5.82 Å². The van der Waals surface area contributed by atoms with E-state index in [0.29, 0.717) is 11.4 Å². The van der Waals surface area contributed by atoms with Crippen LogP contribution in [-0.2, 0) is 0 Å². The van der Waals surface area contributed by atoms with Crippen molar-refractivity contribution in [2.24, 2.45) is 5.10 Å². The average molecular weight is 380 g/mol. The Morgan fingerprint density at radius 3 is 2.63 bits per heavy atom. The number of thiophene rings is 1. The molecule has 0 atom stereocenters. The van der Waals surface area contributed by atoms with Gasteiger partial charge in [0.25, 0.3) is 0 Å². The number of anilines is 1. The molecular formula is C19H13FN4O2S. The fourth-order valence-corrected chi connectivity index (χ4v) is 3.51. The molecule has 3 N–H and O–H groups in total. The van der Waals surface area contributed by atoms with Crippen LogP contribution in [0.2, 0.25) is 0 Å². The third-order valence-corrected chi connectivity index (χ3v) is 4.80. The maximum atomic E-state index is 13.2. The molecule has 0 saturated carbocycles. The quantitative estimate of drug-likeness (QED) is 0.278. The van der Waals surface area contributed by atoms with Crippen molar-refractivity contribution in [3.8, 4) is 22.6 Å². The molecule has 0 aliphatic heterocycles. The number of aromatic hydroxyl groups is 2. The van der Waals surface area contributed by atoms with Crippen molar-refractivity contribution in [1.29, 1.82) is 0 Å². The van der Waals surface area contributed by atoms with Crippen molar-refractivity contribution in [3.63, 3.8) is 0 Å². The second-order valence-corrected chi connectivity index (χ2v) is 6.53. The number of nitrogens with zero attached hydrogens (tertiary/aromatic N) is 3. The summed E-state index contributed by atoms with van der Waals surface area (Å²) in [5.41, 5.74) is 5.23. The van der Waals surface area contributed by atoms with Gasteiger partial charge >= 0.3 is 0 Å². The molecule has 0 bridgehead atoms. The number of fused-ring (bicyclic) bond motifs is 1. The highest BCUT2D eigenvalue weighted by atomic mass is 32.1. The van der Waals surface area contributed by atoms with Gasteiger partial charge in [0.2, 0.25) is 0 Å². The van der Waals surface area contributed by atoms with Crippen molar-refractivity contribution in [2.45, 2.75) is 0 Å². The molecule has 4 aromatic rings. The lowest BCUT2D eigenvalue weighted by Gasteiger charge is -2.05. The number of benzene rings is 2. The molecule has 0 saturated heterocycles. The summed E-state index contributed by atoms with van der Waals surface area (Å²) in [4.78, 5) is 9.31. The number of hydrogen-bond acceptors (Lipinski definition) is 7. The van der Waals surface area contributed by atoms with Crippen LogP contribution in [-0.4, -0.2) is 26.4 Å². The van der Waals surface area contributed by atoms with Crippen LogP contribution in [0.4, 0.5) is 10.2 Å². The number of hydrazone groups is 1. The largest absolute Gasteiger partial charge is 0.504 e. The molecule has 0 unspecified atom stereocenters. The Hall–Kier alpha value is -3.52. The van der Waals surface area contributed by atoms with Crippen LogP contribution in [0.5, 0.6) is 11.5 Å². The van der Waals surface area contributed by atoms with E-state index >= 15 is 0 Å². The highest BCUT2D eigenvalue weighted by Gasteiger charge is 2.13. The van der Waals surface area contributed by atoms with Gasteiger partial charge in [-0.1, -0.05) is 12.1 Å². The lowest BCUT2D eigenvalue weighted by Crippen LogP contribution is -1.95. The molecule has 0 spiro atoms. The number of halogens is 1. The fraction of sp³-hybridized carbons (Fsp3) is 0. The van der Waals surface area contributed by atoms with E-state index in [0.717, 1.165) is 21.3 Å². The Morgan fingerprint density at radius 1 is 1.04 bits per heavy atom. The summed E-state index contributed by atoms with van der Waals surface area (Å²) in [6.45, 7) is 0. The first kappa shape index (κ1) is 16.9. The van der Waals surface area contributed by atoms with Crippen molar-refractivity contribution < 1.29 is 14.6 Å². The fourth-order valence-electron chi connectivity index (χ4n) is 2.59. The van der Waals surface area contributed by atoms with Crippen LogP contribution in [0.25, 0.3) is 21.3 Å². The van der Waals surface area contributed by atoms with Crippen molar-refractivity contribution in [2.75, 3.05) is 5.43 Å². The second-order valence-electron chi connectivity index (χ2n) is 5.68. The number of rotatable bonds is 4. The molecule has 27 heavy (non-hydrogen) atoms. The molecule has 0 fully saturated rings. The Bertz CT molecular complexity index is 1140. The minimum atomic E-state index is -0.297. The van der Waals surface area contributed by atoms with E-state index < -0.39 is 0 Å². The Morgan fingerprint density at radius 2 is 1.85 bits per heavy atom. The standard InChI is InChI=1S/C19H13FN4O2S/c20-13-4-2-12(3-5-13)14-9-27-19-17(14)18(21-10-22-19)24-23-8-11-1-6-15(25)16(26)7-11/h1-10,25-26H,(H,21,22,24)/b23-8+. The molecule has 4 rings (SSSR count). The highest BCUT2D eigenvalue weighted by Crippen LogP contribution is 2.36. The maximum Gasteiger partial charge on any atom is 0.159 e. The van der Waals surface area contributed by atoms with Gasteiger partial charge < -0.3 is 10.2 Å².